The molecule has 9 heteroatoms. The van der Waals surface area contributed by atoms with Crippen molar-refractivity contribution in [3.05, 3.63) is 36.5 Å². The molecule has 0 saturated heterocycles. The van der Waals surface area contributed by atoms with E-state index in [1.807, 2.05) is 27.2 Å². The number of amides is 1. The average Bonchev–Trinajstić information content (AvgIpc) is 3.12. The molecule has 0 aromatic rings. The molecule has 0 aliphatic carbocycles. The monoisotopic (exact) mass is 783 g/mol. The standard InChI is InChI=1S/C45H87N2O6P/c1-6-8-10-12-13-14-15-16-17-18-19-20-21-22-23-24-25-26-27-28-29-30-31-32-33-35-36-38-44(48)43(46-45(49)39-37-34-11-9-7-2)42-53-54(50,51)52-41-40-47(3,4)5/h27-28,31-32,36,38,43-44,48H,6-26,29-30,33-35,37,39-42H2,1-5H3,(H-,46,49,50,51)/b28-27+,32-31+,38-36+. The number of allylic oxidation sites excluding steroid dienone is 5. The Balaban J connectivity index is 4.14. The molecule has 3 unspecified atom stereocenters. The number of carbonyl (C=O) groups is 1. The fourth-order valence-corrected chi connectivity index (χ4v) is 6.97. The molecule has 0 spiro atoms. The molecular formula is C45H87N2O6P. The van der Waals surface area contributed by atoms with Gasteiger partial charge in [0, 0.05) is 6.42 Å². The minimum atomic E-state index is -4.58. The number of likely N-dealkylation sites (N-methyl/N-ethyl adjacent to an activating group) is 1. The lowest BCUT2D eigenvalue weighted by atomic mass is 10.0. The fourth-order valence-electron chi connectivity index (χ4n) is 6.24. The predicted octanol–water partition coefficient (Wildman–Crippen LogP) is 11.7. The first-order valence-corrected chi connectivity index (χ1v) is 23.8. The van der Waals surface area contributed by atoms with E-state index in [0.29, 0.717) is 17.4 Å². The molecule has 1 amide bonds. The van der Waals surface area contributed by atoms with Crippen molar-refractivity contribution in [2.24, 2.45) is 0 Å². The van der Waals surface area contributed by atoms with Crippen molar-refractivity contribution in [2.45, 2.75) is 206 Å². The molecule has 0 heterocycles. The molecule has 54 heavy (non-hydrogen) atoms. The van der Waals surface area contributed by atoms with Crippen LogP contribution in [0.15, 0.2) is 36.5 Å². The Labute approximate surface area is 334 Å². The lowest BCUT2D eigenvalue weighted by Gasteiger charge is -2.29. The number of hydrogen-bond acceptors (Lipinski definition) is 6. The third-order valence-electron chi connectivity index (χ3n) is 9.83. The van der Waals surface area contributed by atoms with E-state index < -0.39 is 26.6 Å². The molecular weight excluding hydrogens is 695 g/mol. The Morgan fingerprint density at radius 2 is 1.04 bits per heavy atom. The van der Waals surface area contributed by atoms with Crippen LogP contribution in [0.3, 0.4) is 0 Å². The summed E-state index contributed by atoms with van der Waals surface area (Å²) in [4.78, 5) is 24.9. The molecule has 0 aromatic heterocycles. The summed E-state index contributed by atoms with van der Waals surface area (Å²) in [5.74, 6) is -0.226. The normalized spacial score (nSPS) is 14.7. The van der Waals surface area contributed by atoms with Crippen LogP contribution in [-0.2, 0) is 18.4 Å². The van der Waals surface area contributed by atoms with Gasteiger partial charge in [-0.25, -0.2) is 0 Å². The van der Waals surface area contributed by atoms with Crippen molar-refractivity contribution >= 4 is 13.7 Å². The number of phosphoric acid groups is 1. The number of aliphatic hydroxyl groups excluding tert-OH is 1. The Bertz CT molecular complexity index is 980. The van der Waals surface area contributed by atoms with Gasteiger partial charge in [-0.15, -0.1) is 0 Å². The zero-order valence-corrected chi connectivity index (χ0v) is 36.8. The van der Waals surface area contributed by atoms with Gasteiger partial charge < -0.3 is 28.8 Å². The molecule has 8 nitrogen and oxygen atoms in total. The van der Waals surface area contributed by atoms with E-state index in [-0.39, 0.29) is 12.5 Å². The maximum atomic E-state index is 12.6. The van der Waals surface area contributed by atoms with Crippen LogP contribution in [0.4, 0.5) is 0 Å². The van der Waals surface area contributed by atoms with Crippen molar-refractivity contribution < 1.29 is 32.9 Å². The topological polar surface area (TPSA) is 108 Å². The second kappa shape index (κ2) is 37.3. The summed E-state index contributed by atoms with van der Waals surface area (Å²) in [5, 5.41) is 13.6. The molecule has 0 bridgehead atoms. The van der Waals surface area contributed by atoms with E-state index in [9.17, 15) is 19.4 Å². The Kier molecular flexibility index (Phi) is 36.4. The maximum absolute atomic E-state index is 12.6. The number of unbranched alkanes of at least 4 members (excludes halogenated alkanes) is 23. The molecule has 0 radical (unpaired) electrons. The van der Waals surface area contributed by atoms with E-state index in [0.717, 1.165) is 57.8 Å². The van der Waals surface area contributed by atoms with Gasteiger partial charge in [-0.05, 0) is 44.9 Å². The summed E-state index contributed by atoms with van der Waals surface area (Å²) in [6.45, 7) is 4.51. The molecule has 0 aliphatic rings. The summed E-state index contributed by atoms with van der Waals surface area (Å²) in [5.41, 5.74) is 0. The highest BCUT2D eigenvalue weighted by molar-refractivity contribution is 7.45. The van der Waals surface area contributed by atoms with Crippen LogP contribution in [0, 0.1) is 0 Å². The highest BCUT2D eigenvalue weighted by Gasteiger charge is 2.23. The first-order chi connectivity index (χ1) is 26.0. The van der Waals surface area contributed by atoms with Crippen LogP contribution in [-0.4, -0.2) is 68.5 Å². The third kappa shape index (κ3) is 39.0. The summed E-state index contributed by atoms with van der Waals surface area (Å²) >= 11 is 0. The number of aliphatic hydroxyl groups is 1. The Morgan fingerprint density at radius 3 is 1.50 bits per heavy atom. The van der Waals surface area contributed by atoms with Gasteiger partial charge in [0.1, 0.15) is 13.2 Å². The molecule has 0 rings (SSSR count). The largest absolute Gasteiger partial charge is 0.756 e. The smallest absolute Gasteiger partial charge is 0.268 e. The number of phosphoric ester groups is 1. The minimum Gasteiger partial charge on any atom is -0.756 e. The quantitative estimate of drug-likeness (QED) is 0.0277. The van der Waals surface area contributed by atoms with E-state index >= 15 is 0 Å². The van der Waals surface area contributed by atoms with Crippen LogP contribution < -0.4 is 10.2 Å². The van der Waals surface area contributed by atoms with Gasteiger partial charge in [-0.3, -0.25) is 9.36 Å². The number of nitrogens with zero attached hydrogens (tertiary/aromatic N) is 1. The fraction of sp³-hybridized carbons (Fsp3) is 0.844. The average molecular weight is 783 g/mol. The number of carbonyl (C=O) groups excluding carboxylic acids is 1. The van der Waals surface area contributed by atoms with E-state index in [1.165, 1.54) is 116 Å². The van der Waals surface area contributed by atoms with Crippen molar-refractivity contribution in [1.82, 2.24) is 5.32 Å². The van der Waals surface area contributed by atoms with Crippen LogP contribution >= 0.6 is 7.82 Å². The van der Waals surface area contributed by atoms with Gasteiger partial charge in [-0.2, -0.15) is 0 Å². The second-order valence-electron chi connectivity index (χ2n) is 16.4. The van der Waals surface area contributed by atoms with Gasteiger partial charge in [0.2, 0.25) is 5.91 Å². The molecule has 3 atom stereocenters. The van der Waals surface area contributed by atoms with Gasteiger partial charge >= 0.3 is 0 Å². The summed E-state index contributed by atoms with van der Waals surface area (Å²) in [6.07, 6.45) is 45.5. The molecule has 0 aromatic carbocycles. The second-order valence-corrected chi connectivity index (χ2v) is 17.8. The summed E-state index contributed by atoms with van der Waals surface area (Å²) < 4.78 is 23.0. The first-order valence-electron chi connectivity index (χ1n) is 22.4. The molecule has 318 valence electrons. The zero-order valence-electron chi connectivity index (χ0n) is 35.9. The predicted molar refractivity (Wildman–Crippen MR) is 228 cm³/mol. The minimum absolute atomic E-state index is 0.00899. The maximum Gasteiger partial charge on any atom is 0.268 e. The molecule has 2 N–H and O–H groups in total. The summed E-state index contributed by atoms with van der Waals surface area (Å²) in [6, 6.07) is -0.903. The van der Waals surface area contributed by atoms with E-state index in [1.54, 1.807) is 6.08 Å². The van der Waals surface area contributed by atoms with Gasteiger partial charge in [0.05, 0.1) is 39.9 Å². The van der Waals surface area contributed by atoms with Crippen LogP contribution in [0.5, 0.6) is 0 Å². The van der Waals surface area contributed by atoms with Gasteiger partial charge in [0.25, 0.3) is 7.82 Å². The van der Waals surface area contributed by atoms with Gasteiger partial charge in [0.15, 0.2) is 0 Å². The number of nitrogens with one attached hydrogen (secondary N) is 1. The summed E-state index contributed by atoms with van der Waals surface area (Å²) in [7, 11) is 1.23. The Morgan fingerprint density at radius 1 is 0.630 bits per heavy atom. The van der Waals surface area contributed by atoms with E-state index in [4.69, 9.17) is 9.05 Å². The Hall–Kier alpha value is -1.28. The van der Waals surface area contributed by atoms with Crippen molar-refractivity contribution in [3.8, 4) is 0 Å². The SMILES string of the molecule is CCCCCCCCCCCCCCCCCCC/C=C/CC/C=C/CC/C=C/C(O)C(COP(=O)([O-])OCC[N+](C)(C)C)NC(=O)CCCCCCC. The lowest BCUT2D eigenvalue weighted by Crippen LogP contribution is -2.45. The highest BCUT2D eigenvalue weighted by atomic mass is 31.2. The molecule has 0 aliphatic heterocycles. The first kappa shape index (κ1) is 52.7. The van der Waals surface area contributed by atoms with Crippen LogP contribution in [0.25, 0.3) is 0 Å². The number of quaternary nitrogens is 1. The number of hydrogen-bond donors (Lipinski definition) is 2. The zero-order chi connectivity index (χ0) is 40.0. The van der Waals surface area contributed by atoms with Crippen molar-refractivity contribution in [2.75, 3.05) is 40.9 Å². The van der Waals surface area contributed by atoms with E-state index in [2.05, 4.69) is 43.5 Å². The van der Waals surface area contributed by atoms with Crippen LogP contribution in [0.2, 0.25) is 0 Å². The third-order valence-corrected chi connectivity index (χ3v) is 10.8. The highest BCUT2D eigenvalue weighted by Crippen LogP contribution is 2.38. The van der Waals surface area contributed by atoms with Crippen molar-refractivity contribution in [3.63, 3.8) is 0 Å². The van der Waals surface area contributed by atoms with Gasteiger partial charge in [-0.1, -0.05) is 179 Å². The molecule has 0 saturated carbocycles. The van der Waals surface area contributed by atoms with Crippen molar-refractivity contribution in [1.29, 1.82) is 0 Å². The molecule has 0 fully saturated rings. The number of rotatable bonds is 40. The lowest BCUT2D eigenvalue weighted by molar-refractivity contribution is -0.870. The van der Waals surface area contributed by atoms with Crippen LogP contribution in [0.1, 0.15) is 194 Å².